The number of halogens is 1. The highest BCUT2D eigenvalue weighted by molar-refractivity contribution is 9.10. The number of carbonyl (C=O) groups is 1. The van der Waals surface area contributed by atoms with E-state index in [2.05, 4.69) is 20.7 Å². The molecule has 1 saturated carbocycles. The van der Waals surface area contributed by atoms with Crippen molar-refractivity contribution in [2.24, 2.45) is 0 Å². The van der Waals surface area contributed by atoms with Crippen molar-refractivity contribution in [2.45, 2.75) is 35.3 Å². The number of carboxylic acid groups (broad SMARTS) is 1. The third-order valence-corrected chi connectivity index (χ3v) is 7.36. The van der Waals surface area contributed by atoms with Gasteiger partial charge in [0.15, 0.2) is 4.67 Å². The van der Waals surface area contributed by atoms with Crippen LogP contribution in [0.25, 0.3) is 0 Å². The Morgan fingerprint density at radius 2 is 2.14 bits per heavy atom. The first-order chi connectivity index (χ1) is 9.80. The molecule has 1 aromatic heterocycles. The molecule has 1 aliphatic rings. The van der Waals surface area contributed by atoms with Gasteiger partial charge in [-0.1, -0.05) is 12.8 Å². The molecule has 0 aliphatic heterocycles. The van der Waals surface area contributed by atoms with Crippen molar-refractivity contribution in [1.82, 2.24) is 4.72 Å². The van der Waals surface area contributed by atoms with Crippen LogP contribution in [0.15, 0.2) is 20.0 Å². The van der Waals surface area contributed by atoms with Gasteiger partial charge in [-0.15, -0.1) is 0 Å². The van der Waals surface area contributed by atoms with Crippen molar-refractivity contribution in [3.05, 3.63) is 16.5 Å². The van der Waals surface area contributed by atoms with Crippen LogP contribution >= 0.6 is 27.7 Å². The molecule has 0 saturated heterocycles. The van der Waals surface area contributed by atoms with E-state index in [1.54, 1.807) is 11.8 Å². The van der Waals surface area contributed by atoms with E-state index >= 15 is 0 Å². The highest BCUT2D eigenvalue weighted by Crippen LogP contribution is 2.40. The van der Waals surface area contributed by atoms with E-state index in [1.807, 2.05) is 6.26 Å². The summed E-state index contributed by atoms with van der Waals surface area (Å²) in [5.41, 5.74) is 0. The molecule has 1 heterocycles. The zero-order valence-corrected chi connectivity index (χ0v) is 14.6. The Balaban J connectivity index is 2.17. The van der Waals surface area contributed by atoms with Gasteiger partial charge >= 0.3 is 5.97 Å². The Labute approximate surface area is 135 Å². The van der Waals surface area contributed by atoms with Crippen molar-refractivity contribution < 1.29 is 22.7 Å². The molecule has 2 rings (SSSR count). The van der Waals surface area contributed by atoms with Crippen LogP contribution < -0.4 is 4.72 Å². The third kappa shape index (κ3) is 3.64. The van der Waals surface area contributed by atoms with Gasteiger partial charge < -0.3 is 9.52 Å². The Kier molecular flexibility index (Phi) is 5.07. The molecule has 0 bridgehead atoms. The van der Waals surface area contributed by atoms with Crippen molar-refractivity contribution in [3.8, 4) is 0 Å². The molecule has 9 heteroatoms. The van der Waals surface area contributed by atoms with Crippen LogP contribution in [0.2, 0.25) is 0 Å². The number of rotatable bonds is 6. The molecule has 6 nitrogen and oxygen atoms in total. The third-order valence-electron chi connectivity index (χ3n) is 3.69. The summed E-state index contributed by atoms with van der Waals surface area (Å²) in [7, 11) is -3.81. The van der Waals surface area contributed by atoms with Gasteiger partial charge in [-0.2, -0.15) is 11.8 Å². The molecule has 0 spiro atoms. The first-order valence-electron chi connectivity index (χ1n) is 6.37. The maximum Gasteiger partial charge on any atom is 0.371 e. The van der Waals surface area contributed by atoms with Crippen LogP contribution in [0.1, 0.15) is 36.2 Å². The number of hydrogen-bond donors (Lipinski definition) is 2. The average Bonchev–Trinajstić information content (AvgIpc) is 3.04. The van der Waals surface area contributed by atoms with Crippen LogP contribution in [-0.4, -0.2) is 37.0 Å². The number of aromatic carboxylic acids is 1. The number of hydrogen-bond acceptors (Lipinski definition) is 5. The van der Waals surface area contributed by atoms with Crippen LogP contribution in [0.4, 0.5) is 0 Å². The monoisotopic (exact) mass is 397 g/mol. The van der Waals surface area contributed by atoms with E-state index in [-0.39, 0.29) is 14.3 Å². The topological polar surface area (TPSA) is 96.6 Å². The van der Waals surface area contributed by atoms with Gasteiger partial charge in [0.05, 0.1) is 0 Å². The van der Waals surface area contributed by atoms with E-state index in [0.29, 0.717) is 6.54 Å². The molecule has 0 amide bonds. The second kappa shape index (κ2) is 6.31. The molecule has 0 radical (unpaired) electrons. The van der Waals surface area contributed by atoms with Crippen molar-refractivity contribution in [3.63, 3.8) is 0 Å². The van der Waals surface area contributed by atoms with Gasteiger partial charge in [-0.3, -0.25) is 0 Å². The maximum absolute atomic E-state index is 12.3. The summed E-state index contributed by atoms with van der Waals surface area (Å²) in [4.78, 5) is 10.6. The van der Waals surface area contributed by atoms with Crippen LogP contribution in [0.3, 0.4) is 0 Å². The number of furan rings is 1. The summed E-state index contributed by atoms with van der Waals surface area (Å²) in [6, 6.07) is 1.01. The zero-order chi connectivity index (χ0) is 15.7. The van der Waals surface area contributed by atoms with E-state index in [0.717, 1.165) is 31.7 Å². The molecular formula is C12H16BrNO5S2. The standard InChI is InChI=1S/C12H16BrNO5S2/c1-20-12(4-2-3-5-12)7-14-21(17,18)9-6-8(11(15)16)19-10(9)13/h6,14H,2-5,7H2,1H3,(H,15,16). The van der Waals surface area contributed by atoms with E-state index < -0.39 is 21.8 Å². The molecule has 2 N–H and O–H groups in total. The molecule has 1 fully saturated rings. The van der Waals surface area contributed by atoms with Crippen molar-refractivity contribution >= 4 is 43.7 Å². The second-order valence-electron chi connectivity index (χ2n) is 4.97. The molecule has 0 atom stereocenters. The quantitative estimate of drug-likeness (QED) is 0.765. The Bertz CT molecular complexity index is 634. The predicted molar refractivity (Wildman–Crippen MR) is 83.3 cm³/mol. The molecule has 21 heavy (non-hydrogen) atoms. The molecule has 1 aromatic rings. The normalized spacial score (nSPS) is 18.0. The summed E-state index contributed by atoms with van der Waals surface area (Å²) in [6.07, 6.45) is 6.13. The van der Waals surface area contributed by atoms with Crippen LogP contribution in [0, 0.1) is 0 Å². The lowest BCUT2D eigenvalue weighted by Crippen LogP contribution is -2.38. The minimum Gasteiger partial charge on any atom is -0.475 e. The first kappa shape index (κ1) is 16.9. The van der Waals surface area contributed by atoms with Gasteiger partial charge in [0.25, 0.3) is 0 Å². The zero-order valence-electron chi connectivity index (χ0n) is 11.4. The van der Waals surface area contributed by atoms with Gasteiger partial charge in [0.2, 0.25) is 15.8 Å². The van der Waals surface area contributed by atoms with Crippen LogP contribution in [0.5, 0.6) is 0 Å². The summed E-state index contributed by atoms with van der Waals surface area (Å²) < 4.78 is 31.9. The predicted octanol–water partition coefficient (Wildman–Crippen LogP) is 2.69. The fourth-order valence-electron chi connectivity index (χ4n) is 2.42. The van der Waals surface area contributed by atoms with Gasteiger partial charge in [-0.05, 0) is 35.0 Å². The Hall–Kier alpha value is -0.510. The molecule has 118 valence electrons. The van der Waals surface area contributed by atoms with Gasteiger partial charge in [0.1, 0.15) is 4.90 Å². The fraction of sp³-hybridized carbons (Fsp3) is 0.583. The van der Waals surface area contributed by atoms with E-state index in [9.17, 15) is 13.2 Å². The lowest BCUT2D eigenvalue weighted by atomic mass is 10.1. The minimum atomic E-state index is -3.81. The van der Waals surface area contributed by atoms with E-state index in [1.165, 1.54) is 0 Å². The fourth-order valence-corrected chi connectivity index (χ4v) is 5.49. The molecule has 1 aliphatic carbocycles. The lowest BCUT2D eigenvalue weighted by molar-refractivity contribution is 0.0661. The average molecular weight is 398 g/mol. The number of nitrogens with one attached hydrogen (secondary N) is 1. The van der Waals surface area contributed by atoms with Gasteiger partial charge in [0, 0.05) is 17.4 Å². The summed E-state index contributed by atoms with van der Waals surface area (Å²) >= 11 is 4.62. The maximum atomic E-state index is 12.3. The first-order valence-corrected chi connectivity index (χ1v) is 9.87. The smallest absolute Gasteiger partial charge is 0.371 e. The summed E-state index contributed by atoms with van der Waals surface area (Å²) in [6.45, 7) is 0.330. The molecule has 0 aromatic carbocycles. The molecule has 0 unspecified atom stereocenters. The number of sulfonamides is 1. The Morgan fingerprint density at radius 3 is 2.62 bits per heavy atom. The largest absolute Gasteiger partial charge is 0.475 e. The van der Waals surface area contributed by atoms with Crippen LogP contribution in [-0.2, 0) is 10.0 Å². The van der Waals surface area contributed by atoms with Crippen molar-refractivity contribution in [1.29, 1.82) is 0 Å². The number of thioether (sulfide) groups is 1. The summed E-state index contributed by atoms with van der Waals surface area (Å²) in [5, 5.41) is 8.84. The van der Waals surface area contributed by atoms with Crippen molar-refractivity contribution in [2.75, 3.05) is 12.8 Å². The Morgan fingerprint density at radius 1 is 1.52 bits per heavy atom. The van der Waals surface area contributed by atoms with E-state index in [4.69, 9.17) is 9.52 Å². The minimum absolute atomic E-state index is 0.0705. The van der Waals surface area contributed by atoms with Gasteiger partial charge in [-0.25, -0.2) is 17.9 Å². The number of carboxylic acids is 1. The highest BCUT2D eigenvalue weighted by atomic mass is 79.9. The molecular weight excluding hydrogens is 382 g/mol. The SMILES string of the molecule is CSC1(CNS(=O)(=O)c2cc(C(=O)O)oc2Br)CCCC1. The second-order valence-corrected chi connectivity index (χ2v) is 8.70. The highest BCUT2D eigenvalue weighted by Gasteiger charge is 2.35. The summed E-state index contributed by atoms with van der Waals surface area (Å²) in [5.74, 6) is -1.73. The lowest BCUT2D eigenvalue weighted by Gasteiger charge is -2.26.